The van der Waals surface area contributed by atoms with E-state index in [1.54, 1.807) is 23.1 Å². The highest BCUT2D eigenvalue weighted by Gasteiger charge is 2.32. The van der Waals surface area contributed by atoms with Gasteiger partial charge < -0.3 is 19.3 Å². The molecule has 0 N–H and O–H groups in total. The Morgan fingerprint density at radius 1 is 0.971 bits per heavy atom. The van der Waals surface area contributed by atoms with Gasteiger partial charge in [-0.25, -0.2) is 8.42 Å². The summed E-state index contributed by atoms with van der Waals surface area (Å²) in [5, 5.41) is 0. The van der Waals surface area contributed by atoms with E-state index < -0.39 is 10.0 Å². The van der Waals surface area contributed by atoms with E-state index in [2.05, 4.69) is 0 Å². The molecule has 0 spiro atoms. The minimum absolute atomic E-state index is 0.00611. The summed E-state index contributed by atoms with van der Waals surface area (Å²) in [5.41, 5.74) is 0.629. The van der Waals surface area contributed by atoms with E-state index >= 15 is 0 Å². The quantitative estimate of drug-likeness (QED) is 0.596. The topological polar surface area (TPSA) is 96.5 Å². The minimum Gasteiger partial charge on any atom is -0.495 e. The first-order valence-electron chi connectivity index (χ1n) is 12.2. The van der Waals surface area contributed by atoms with Crippen molar-refractivity contribution in [3.63, 3.8) is 0 Å². The van der Waals surface area contributed by atoms with Gasteiger partial charge in [-0.3, -0.25) is 9.59 Å². The Bertz CT molecular complexity index is 978. The van der Waals surface area contributed by atoms with Gasteiger partial charge in [-0.15, -0.1) is 0 Å². The fourth-order valence-corrected chi connectivity index (χ4v) is 6.61. The summed E-state index contributed by atoms with van der Waals surface area (Å²) in [6.07, 6.45) is 4.82. The number of carbonyl (C=O) groups is 2. The van der Waals surface area contributed by atoms with Crippen LogP contribution in [0.2, 0.25) is 0 Å². The smallest absolute Gasteiger partial charge is 0.246 e. The number of amides is 2. The molecule has 10 heteroatoms. The highest BCUT2D eigenvalue weighted by atomic mass is 32.2. The van der Waals surface area contributed by atoms with Crippen LogP contribution in [0.25, 0.3) is 0 Å². The van der Waals surface area contributed by atoms with Gasteiger partial charge >= 0.3 is 0 Å². The number of sulfonamides is 1. The van der Waals surface area contributed by atoms with Crippen LogP contribution in [0.4, 0.5) is 0 Å². The number of piperidine rings is 2. The van der Waals surface area contributed by atoms with E-state index in [9.17, 15) is 18.0 Å². The largest absolute Gasteiger partial charge is 0.495 e. The van der Waals surface area contributed by atoms with Crippen molar-refractivity contribution in [2.45, 2.75) is 43.4 Å². The van der Waals surface area contributed by atoms with Crippen molar-refractivity contribution in [2.24, 2.45) is 5.92 Å². The molecule has 0 saturated carbocycles. The molecule has 0 aromatic heterocycles. The van der Waals surface area contributed by atoms with Gasteiger partial charge in [0.2, 0.25) is 21.8 Å². The second-order valence-electron chi connectivity index (χ2n) is 9.22. The molecule has 0 bridgehead atoms. The summed E-state index contributed by atoms with van der Waals surface area (Å²) >= 11 is 0. The van der Waals surface area contributed by atoms with Crippen molar-refractivity contribution in [3.05, 3.63) is 23.8 Å². The standard InChI is InChI=1S/C24H35N3O6S/c1-32-21-6-5-19(17-22(21)34(30,31)27-13-15-33-16-14-27)18-23(28)25-11-7-20(8-12-25)24(29)26-9-3-2-4-10-26/h5-6,17,20H,2-4,7-16,18H2,1H3. The lowest BCUT2D eigenvalue weighted by molar-refractivity contribution is -0.141. The van der Waals surface area contributed by atoms with Crippen LogP contribution in [0, 0.1) is 5.92 Å². The number of morpholine rings is 1. The Balaban J connectivity index is 1.38. The number of ether oxygens (including phenoxy) is 2. The summed E-state index contributed by atoms with van der Waals surface area (Å²) in [6.45, 7) is 4.11. The third-order valence-electron chi connectivity index (χ3n) is 7.04. The molecule has 34 heavy (non-hydrogen) atoms. The molecule has 9 nitrogen and oxygen atoms in total. The Morgan fingerprint density at radius 2 is 1.65 bits per heavy atom. The summed E-state index contributed by atoms with van der Waals surface area (Å²) in [5.74, 6) is 0.441. The lowest BCUT2D eigenvalue weighted by atomic mass is 9.94. The second kappa shape index (κ2) is 11.0. The number of nitrogens with zero attached hydrogens (tertiary/aromatic N) is 3. The van der Waals surface area contributed by atoms with E-state index in [1.807, 2.05) is 4.90 Å². The Labute approximate surface area is 202 Å². The number of hydrogen-bond acceptors (Lipinski definition) is 6. The van der Waals surface area contributed by atoms with Gasteiger partial charge in [0.15, 0.2) is 0 Å². The molecule has 1 aromatic rings. The summed E-state index contributed by atoms with van der Waals surface area (Å²) < 4.78 is 38.4. The average molecular weight is 494 g/mol. The molecular formula is C24H35N3O6S. The van der Waals surface area contributed by atoms with E-state index in [1.165, 1.54) is 17.8 Å². The van der Waals surface area contributed by atoms with Gasteiger partial charge in [0.05, 0.1) is 26.7 Å². The highest BCUT2D eigenvalue weighted by molar-refractivity contribution is 7.89. The Kier molecular flexibility index (Phi) is 8.10. The molecule has 0 atom stereocenters. The first kappa shape index (κ1) is 24.9. The fraction of sp³-hybridized carbons (Fsp3) is 0.667. The van der Waals surface area contributed by atoms with Gasteiger partial charge in [0, 0.05) is 45.2 Å². The molecule has 188 valence electrons. The lowest BCUT2D eigenvalue weighted by Gasteiger charge is -2.35. The van der Waals surface area contributed by atoms with Crippen molar-refractivity contribution < 1.29 is 27.5 Å². The SMILES string of the molecule is COc1ccc(CC(=O)N2CCC(C(=O)N3CCCCC3)CC2)cc1S(=O)(=O)N1CCOCC1. The van der Waals surface area contributed by atoms with Crippen LogP contribution in [-0.4, -0.2) is 93.9 Å². The normalized spacial score (nSPS) is 20.9. The summed E-state index contributed by atoms with van der Waals surface area (Å²) in [4.78, 5) is 29.6. The summed E-state index contributed by atoms with van der Waals surface area (Å²) in [6, 6.07) is 4.90. The Hall–Kier alpha value is -2.17. The van der Waals surface area contributed by atoms with Crippen LogP contribution in [0.15, 0.2) is 23.1 Å². The zero-order valence-corrected chi connectivity index (χ0v) is 20.7. The molecule has 0 unspecified atom stereocenters. The van der Waals surface area contributed by atoms with Gasteiger partial charge in [-0.05, 0) is 49.8 Å². The van der Waals surface area contributed by atoms with Gasteiger partial charge in [-0.1, -0.05) is 6.07 Å². The van der Waals surface area contributed by atoms with E-state index in [-0.39, 0.29) is 34.8 Å². The molecule has 4 rings (SSSR count). The van der Waals surface area contributed by atoms with Crippen LogP contribution in [-0.2, 0) is 30.8 Å². The summed E-state index contributed by atoms with van der Waals surface area (Å²) in [7, 11) is -2.32. The van der Waals surface area contributed by atoms with Gasteiger partial charge in [0.25, 0.3) is 0 Å². The number of methoxy groups -OCH3 is 1. The molecule has 2 amide bonds. The molecule has 3 aliphatic rings. The zero-order chi connectivity index (χ0) is 24.1. The van der Waals surface area contributed by atoms with Crippen LogP contribution >= 0.6 is 0 Å². The Morgan fingerprint density at radius 3 is 2.29 bits per heavy atom. The predicted octanol–water partition coefficient (Wildman–Crippen LogP) is 1.51. The second-order valence-corrected chi connectivity index (χ2v) is 11.1. The third-order valence-corrected chi connectivity index (χ3v) is 8.96. The molecule has 0 radical (unpaired) electrons. The number of likely N-dealkylation sites (tertiary alicyclic amines) is 2. The fourth-order valence-electron chi connectivity index (χ4n) is 4.99. The van der Waals surface area contributed by atoms with Crippen molar-refractivity contribution in [3.8, 4) is 5.75 Å². The maximum atomic E-state index is 13.2. The molecular weight excluding hydrogens is 458 g/mol. The number of benzene rings is 1. The van der Waals surface area contributed by atoms with Crippen LogP contribution in [0.3, 0.4) is 0 Å². The molecule has 3 heterocycles. The predicted molar refractivity (Wildman–Crippen MR) is 126 cm³/mol. The molecule has 3 fully saturated rings. The number of carbonyl (C=O) groups excluding carboxylic acids is 2. The van der Waals surface area contributed by atoms with Crippen LogP contribution < -0.4 is 4.74 Å². The maximum absolute atomic E-state index is 13.2. The van der Waals surface area contributed by atoms with Gasteiger partial charge in [-0.2, -0.15) is 4.31 Å². The molecule has 3 aliphatic heterocycles. The lowest BCUT2D eigenvalue weighted by Crippen LogP contribution is -2.46. The van der Waals surface area contributed by atoms with Crippen molar-refractivity contribution in [1.29, 1.82) is 0 Å². The van der Waals surface area contributed by atoms with E-state index in [0.29, 0.717) is 57.8 Å². The van der Waals surface area contributed by atoms with Crippen molar-refractivity contribution >= 4 is 21.8 Å². The number of hydrogen-bond donors (Lipinski definition) is 0. The zero-order valence-electron chi connectivity index (χ0n) is 19.9. The van der Waals surface area contributed by atoms with E-state index in [0.717, 1.165) is 25.9 Å². The third kappa shape index (κ3) is 5.55. The maximum Gasteiger partial charge on any atom is 0.246 e. The first-order valence-corrected chi connectivity index (χ1v) is 13.7. The van der Waals surface area contributed by atoms with Gasteiger partial charge in [0.1, 0.15) is 10.6 Å². The molecule has 3 saturated heterocycles. The van der Waals surface area contributed by atoms with Crippen LogP contribution in [0.5, 0.6) is 5.75 Å². The molecule has 0 aliphatic carbocycles. The molecule has 1 aromatic carbocycles. The first-order chi connectivity index (χ1) is 16.4. The van der Waals surface area contributed by atoms with Crippen molar-refractivity contribution in [1.82, 2.24) is 14.1 Å². The number of rotatable bonds is 6. The van der Waals surface area contributed by atoms with E-state index in [4.69, 9.17) is 9.47 Å². The van der Waals surface area contributed by atoms with Crippen LogP contribution in [0.1, 0.15) is 37.7 Å². The van der Waals surface area contributed by atoms with Crippen molar-refractivity contribution in [2.75, 3.05) is 59.6 Å². The average Bonchev–Trinajstić information content (AvgIpc) is 2.89. The monoisotopic (exact) mass is 493 g/mol. The highest BCUT2D eigenvalue weighted by Crippen LogP contribution is 2.29. The minimum atomic E-state index is -3.75.